The zero-order valence-corrected chi connectivity index (χ0v) is 15.1. The Labute approximate surface area is 153 Å². The van der Waals surface area contributed by atoms with Crippen LogP contribution in [0.5, 0.6) is 0 Å². The predicted octanol–water partition coefficient (Wildman–Crippen LogP) is 3.95. The number of aromatic nitrogens is 1. The molecule has 4 nitrogen and oxygen atoms in total. The van der Waals surface area contributed by atoms with E-state index < -0.39 is 0 Å². The minimum absolute atomic E-state index is 0.0318. The van der Waals surface area contributed by atoms with Crippen LogP contribution >= 0.6 is 0 Å². The highest BCUT2D eigenvalue weighted by molar-refractivity contribution is 5.94. The van der Waals surface area contributed by atoms with Crippen molar-refractivity contribution >= 4 is 27.7 Å². The third kappa shape index (κ3) is 2.79. The van der Waals surface area contributed by atoms with Gasteiger partial charge in [-0.2, -0.15) is 0 Å². The molecule has 2 heterocycles. The van der Waals surface area contributed by atoms with Crippen LogP contribution in [0.1, 0.15) is 32.6 Å². The molecule has 0 aliphatic carbocycles. The van der Waals surface area contributed by atoms with Crippen LogP contribution in [0.25, 0.3) is 21.8 Å². The van der Waals surface area contributed by atoms with Crippen molar-refractivity contribution in [3.63, 3.8) is 0 Å². The zero-order valence-electron chi connectivity index (χ0n) is 15.1. The molecule has 0 saturated carbocycles. The maximum atomic E-state index is 13.1. The van der Waals surface area contributed by atoms with Crippen molar-refractivity contribution < 1.29 is 4.79 Å². The Hall–Kier alpha value is -2.62. The van der Waals surface area contributed by atoms with Gasteiger partial charge in [-0.05, 0) is 49.9 Å². The summed E-state index contributed by atoms with van der Waals surface area (Å²) in [5, 5.41) is 1.34. The fourth-order valence-electron chi connectivity index (χ4n) is 4.23. The molecule has 1 atom stereocenters. The van der Waals surface area contributed by atoms with Crippen LogP contribution in [0.4, 0.5) is 0 Å². The topological polar surface area (TPSA) is 42.3 Å². The SMILES string of the molecule is CCC1CCCCN1C(=O)Cn1c2ccccc2c(=O)c2ccccc21. The minimum Gasteiger partial charge on any atom is -0.338 e. The van der Waals surface area contributed by atoms with E-state index in [9.17, 15) is 9.59 Å². The van der Waals surface area contributed by atoms with Crippen LogP contribution in [0.15, 0.2) is 53.3 Å². The first-order valence-corrected chi connectivity index (χ1v) is 9.50. The van der Waals surface area contributed by atoms with Gasteiger partial charge in [0.2, 0.25) is 5.91 Å². The lowest BCUT2D eigenvalue weighted by molar-refractivity contribution is -0.135. The summed E-state index contributed by atoms with van der Waals surface area (Å²) >= 11 is 0. The minimum atomic E-state index is 0.0318. The van der Waals surface area contributed by atoms with Gasteiger partial charge >= 0.3 is 0 Å². The Bertz CT molecular complexity index is 961. The van der Waals surface area contributed by atoms with Gasteiger partial charge in [0.1, 0.15) is 6.54 Å². The molecular weight excluding hydrogens is 324 g/mol. The van der Waals surface area contributed by atoms with Gasteiger partial charge in [0.25, 0.3) is 0 Å². The van der Waals surface area contributed by atoms with Crippen LogP contribution in [0, 0.1) is 0 Å². The number of rotatable bonds is 3. The maximum absolute atomic E-state index is 13.1. The summed E-state index contributed by atoms with van der Waals surface area (Å²) in [6.07, 6.45) is 4.37. The molecule has 1 fully saturated rings. The van der Waals surface area contributed by atoms with Gasteiger partial charge in [-0.1, -0.05) is 31.2 Å². The quantitative estimate of drug-likeness (QED) is 0.673. The lowest BCUT2D eigenvalue weighted by Crippen LogP contribution is -2.45. The number of pyridine rings is 1. The number of hydrogen-bond donors (Lipinski definition) is 0. The Morgan fingerprint density at radius 2 is 1.62 bits per heavy atom. The van der Waals surface area contributed by atoms with Crippen molar-refractivity contribution in [2.75, 3.05) is 6.54 Å². The van der Waals surface area contributed by atoms with E-state index in [1.807, 2.05) is 58.0 Å². The summed E-state index contributed by atoms with van der Waals surface area (Å²) in [6.45, 7) is 3.27. The van der Waals surface area contributed by atoms with Gasteiger partial charge < -0.3 is 9.47 Å². The molecule has 4 heteroatoms. The number of carbonyl (C=O) groups excluding carboxylic acids is 1. The molecule has 0 radical (unpaired) electrons. The van der Waals surface area contributed by atoms with Crippen molar-refractivity contribution in [1.82, 2.24) is 9.47 Å². The summed E-state index contributed by atoms with van der Waals surface area (Å²) in [6, 6.07) is 15.5. The summed E-state index contributed by atoms with van der Waals surface area (Å²) in [4.78, 5) is 28.0. The number of benzene rings is 2. The second kappa shape index (κ2) is 6.94. The van der Waals surface area contributed by atoms with Crippen LogP contribution in [0.3, 0.4) is 0 Å². The maximum Gasteiger partial charge on any atom is 0.242 e. The van der Waals surface area contributed by atoms with Gasteiger partial charge in [0, 0.05) is 23.4 Å². The van der Waals surface area contributed by atoms with E-state index in [0.29, 0.717) is 16.8 Å². The largest absolute Gasteiger partial charge is 0.338 e. The van der Waals surface area contributed by atoms with Crippen molar-refractivity contribution in [3.05, 3.63) is 58.8 Å². The molecule has 0 bridgehead atoms. The fraction of sp³-hybridized carbons (Fsp3) is 0.364. The van der Waals surface area contributed by atoms with E-state index in [4.69, 9.17) is 0 Å². The smallest absolute Gasteiger partial charge is 0.242 e. The molecule has 1 aliphatic heterocycles. The Balaban J connectivity index is 1.83. The monoisotopic (exact) mass is 348 g/mol. The Morgan fingerprint density at radius 1 is 1.00 bits per heavy atom. The van der Waals surface area contributed by atoms with E-state index in [1.54, 1.807) is 0 Å². The predicted molar refractivity (Wildman–Crippen MR) is 105 cm³/mol. The third-order valence-electron chi connectivity index (χ3n) is 5.59. The van der Waals surface area contributed by atoms with Crippen LogP contribution in [-0.4, -0.2) is 28.0 Å². The highest BCUT2D eigenvalue weighted by atomic mass is 16.2. The van der Waals surface area contributed by atoms with Crippen molar-refractivity contribution in [3.8, 4) is 0 Å². The van der Waals surface area contributed by atoms with Crippen LogP contribution < -0.4 is 5.43 Å². The highest BCUT2D eigenvalue weighted by Crippen LogP contribution is 2.23. The number of carbonyl (C=O) groups is 1. The van der Waals surface area contributed by atoms with E-state index in [-0.39, 0.29) is 17.9 Å². The lowest BCUT2D eigenvalue weighted by atomic mass is 10.00. The highest BCUT2D eigenvalue weighted by Gasteiger charge is 2.26. The first kappa shape index (κ1) is 16.8. The number of amides is 1. The molecule has 1 aliphatic rings. The molecule has 2 aromatic carbocycles. The average molecular weight is 348 g/mol. The van der Waals surface area contributed by atoms with Gasteiger partial charge in [0.05, 0.1) is 11.0 Å². The van der Waals surface area contributed by atoms with Gasteiger partial charge in [-0.25, -0.2) is 0 Å². The van der Waals surface area contributed by atoms with Gasteiger partial charge in [-0.15, -0.1) is 0 Å². The molecule has 1 aromatic heterocycles. The third-order valence-corrected chi connectivity index (χ3v) is 5.59. The normalized spacial score (nSPS) is 17.7. The lowest BCUT2D eigenvalue weighted by Gasteiger charge is -2.35. The molecular formula is C22H24N2O2. The summed E-state index contributed by atoms with van der Waals surface area (Å²) < 4.78 is 2.01. The summed E-state index contributed by atoms with van der Waals surface area (Å²) in [5.41, 5.74) is 1.69. The first-order valence-electron chi connectivity index (χ1n) is 9.50. The van der Waals surface area contributed by atoms with Gasteiger partial charge in [0.15, 0.2) is 5.43 Å². The number of nitrogens with zero attached hydrogens (tertiary/aromatic N) is 2. The molecule has 3 aromatic rings. The molecule has 0 spiro atoms. The first-order chi connectivity index (χ1) is 12.7. The molecule has 1 amide bonds. The zero-order chi connectivity index (χ0) is 18.1. The Kier molecular flexibility index (Phi) is 4.49. The van der Waals surface area contributed by atoms with E-state index >= 15 is 0 Å². The standard InChI is InChI=1S/C22H24N2O2/c1-2-16-9-7-8-14-23(16)21(25)15-24-19-12-5-3-10-17(19)22(26)18-11-4-6-13-20(18)24/h3-6,10-13,16H,2,7-9,14-15H2,1H3. The second-order valence-electron chi connectivity index (χ2n) is 7.09. The van der Waals surface area contributed by atoms with Crippen molar-refractivity contribution in [2.45, 2.75) is 45.2 Å². The van der Waals surface area contributed by atoms with Crippen molar-refractivity contribution in [1.29, 1.82) is 0 Å². The number of hydrogen-bond acceptors (Lipinski definition) is 2. The number of piperidine rings is 1. The van der Waals surface area contributed by atoms with Crippen LogP contribution in [0.2, 0.25) is 0 Å². The molecule has 1 saturated heterocycles. The van der Waals surface area contributed by atoms with Gasteiger partial charge in [-0.3, -0.25) is 9.59 Å². The Morgan fingerprint density at radius 3 is 2.23 bits per heavy atom. The van der Waals surface area contributed by atoms with E-state index in [1.165, 1.54) is 6.42 Å². The molecule has 26 heavy (non-hydrogen) atoms. The van der Waals surface area contributed by atoms with Crippen LogP contribution in [-0.2, 0) is 11.3 Å². The molecule has 0 N–H and O–H groups in total. The number of fused-ring (bicyclic) bond motifs is 2. The average Bonchev–Trinajstić information content (AvgIpc) is 2.71. The summed E-state index contributed by atoms with van der Waals surface area (Å²) in [7, 11) is 0. The molecule has 134 valence electrons. The van der Waals surface area contributed by atoms with E-state index in [2.05, 4.69) is 6.92 Å². The fourth-order valence-corrected chi connectivity index (χ4v) is 4.23. The summed E-state index contributed by atoms with van der Waals surface area (Å²) in [5.74, 6) is 0.149. The molecule has 4 rings (SSSR count). The number of para-hydroxylation sites is 2. The number of likely N-dealkylation sites (tertiary alicyclic amines) is 1. The van der Waals surface area contributed by atoms with E-state index in [0.717, 1.165) is 36.8 Å². The van der Waals surface area contributed by atoms with Crippen molar-refractivity contribution in [2.24, 2.45) is 0 Å². The second-order valence-corrected chi connectivity index (χ2v) is 7.09. The molecule has 1 unspecified atom stereocenters.